The van der Waals surface area contributed by atoms with E-state index >= 15 is 0 Å². The third-order valence-corrected chi connectivity index (χ3v) is 5.09. The van der Waals surface area contributed by atoms with Crippen LogP contribution in [0.1, 0.15) is 21.8 Å². The first-order valence-electron chi connectivity index (χ1n) is 8.00. The molecule has 0 radical (unpaired) electrons. The number of thiophene rings is 1. The second-order valence-corrected chi connectivity index (χ2v) is 6.89. The number of aryl methyl sites for hydroxylation is 2. The number of nitrogens with zero attached hydrogens (tertiary/aromatic N) is 2. The highest BCUT2D eigenvalue weighted by Gasteiger charge is 2.14. The summed E-state index contributed by atoms with van der Waals surface area (Å²) in [6, 6.07) is 9.48. The molecule has 0 atom stereocenters. The van der Waals surface area contributed by atoms with Crippen LogP contribution in [0.5, 0.6) is 5.75 Å². The molecule has 1 N–H and O–H groups in total. The van der Waals surface area contributed by atoms with Crippen molar-refractivity contribution < 1.29 is 4.74 Å². The number of hydrogen-bond donors (Lipinski definition) is 1. The molecule has 0 amide bonds. The van der Waals surface area contributed by atoms with Gasteiger partial charge < -0.3 is 9.72 Å². The molecule has 0 aliphatic carbocycles. The Morgan fingerprint density at radius 3 is 2.92 bits per heavy atom. The van der Waals surface area contributed by atoms with Crippen LogP contribution in [0.4, 0.5) is 0 Å². The SMILES string of the molecule is C=CCOc1ccccc1/C=C(\C#N)c1nc2sc(C)c(C)c2c(=O)[nH]1. The van der Waals surface area contributed by atoms with Crippen LogP contribution in [-0.2, 0) is 0 Å². The molecule has 5 nitrogen and oxygen atoms in total. The van der Waals surface area contributed by atoms with E-state index in [2.05, 4.69) is 22.6 Å². The van der Waals surface area contributed by atoms with Gasteiger partial charge in [0.15, 0.2) is 5.82 Å². The van der Waals surface area contributed by atoms with Crippen molar-refractivity contribution in [2.45, 2.75) is 13.8 Å². The van der Waals surface area contributed by atoms with Crippen molar-refractivity contribution in [1.29, 1.82) is 5.26 Å². The molecule has 0 spiro atoms. The van der Waals surface area contributed by atoms with Crippen molar-refractivity contribution in [2.75, 3.05) is 6.61 Å². The fourth-order valence-corrected chi connectivity index (χ4v) is 3.60. The van der Waals surface area contributed by atoms with E-state index < -0.39 is 0 Å². The molecular weight excluding hydrogens is 346 g/mol. The molecule has 0 saturated carbocycles. The highest BCUT2D eigenvalue weighted by molar-refractivity contribution is 7.18. The van der Waals surface area contributed by atoms with Crippen molar-refractivity contribution in [3.63, 3.8) is 0 Å². The maximum atomic E-state index is 12.5. The summed E-state index contributed by atoms with van der Waals surface area (Å²) in [6.45, 7) is 7.85. The van der Waals surface area contributed by atoms with Crippen molar-refractivity contribution >= 4 is 33.2 Å². The molecule has 0 fully saturated rings. The number of hydrogen-bond acceptors (Lipinski definition) is 5. The minimum atomic E-state index is -0.232. The molecule has 0 saturated heterocycles. The van der Waals surface area contributed by atoms with E-state index in [1.807, 2.05) is 38.1 Å². The quantitative estimate of drug-likeness (QED) is 0.543. The standard InChI is InChI=1S/C20H17N3O2S/c1-4-9-25-16-8-6-5-7-14(16)10-15(11-21)18-22-19(24)17-12(2)13(3)26-20(17)23-18/h4-8,10H,1,9H2,2-3H3,(H,22,23,24)/b15-10+. The van der Waals surface area contributed by atoms with Gasteiger partial charge in [0.1, 0.15) is 23.3 Å². The monoisotopic (exact) mass is 363 g/mol. The van der Waals surface area contributed by atoms with E-state index in [0.717, 1.165) is 16.0 Å². The highest BCUT2D eigenvalue weighted by atomic mass is 32.1. The first kappa shape index (κ1) is 17.6. The molecule has 0 unspecified atom stereocenters. The summed E-state index contributed by atoms with van der Waals surface area (Å²) in [7, 11) is 0. The number of allylic oxidation sites excluding steroid dienone is 1. The van der Waals surface area contributed by atoms with E-state index in [4.69, 9.17) is 4.74 Å². The minimum Gasteiger partial charge on any atom is -0.489 e. The van der Waals surface area contributed by atoms with E-state index in [1.165, 1.54) is 11.3 Å². The minimum absolute atomic E-state index is 0.232. The Morgan fingerprint density at radius 2 is 2.19 bits per heavy atom. The van der Waals surface area contributed by atoms with Crippen LogP contribution in [0, 0.1) is 25.2 Å². The fourth-order valence-electron chi connectivity index (χ4n) is 2.57. The Hall–Kier alpha value is -3.17. The molecule has 0 bridgehead atoms. The van der Waals surface area contributed by atoms with Gasteiger partial charge in [0.25, 0.3) is 5.56 Å². The summed E-state index contributed by atoms with van der Waals surface area (Å²) in [6.07, 6.45) is 3.32. The Bertz CT molecular complexity index is 1120. The highest BCUT2D eigenvalue weighted by Crippen LogP contribution is 2.28. The third kappa shape index (κ3) is 3.30. The molecule has 3 rings (SSSR count). The number of nitrogens with one attached hydrogen (secondary N) is 1. The molecule has 2 heterocycles. The Labute approximate surface area is 154 Å². The first-order chi connectivity index (χ1) is 12.5. The number of benzene rings is 1. The number of aromatic nitrogens is 2. The molecular formula is C20H17N3O2S. The maximum Gasteiger partial charge on any atom is 0.260 e. The lowest BCUT2D eigenvalue weighted by Crippen LogP contribution is -2.10. The number of fused-ring (bicyclic) bond motifs is 1. The first-order valence-corrected chi connectivity index (χ1v) is 8.81. The summed E-state index contributed by atoms with van der Waals surface area (Å²) < 4.78 is 5.62. The van der Waals surface area contributed by atoms with Crippen molar-refractivity contribution in [1.82, 2.24) is 9.97 Å². The lowest BCUT2D eigenvalue weighted by Gasteiger charge is -2.07. The molecule has 0 aliphatic heterocycles. The summed E-state index contributed by atoms with van der Waals surface area (Å²) in [5.41, 5.74) is 1.69. The summed E-state index contributed by atoms with van der Waals surface area (Å²) in [5, 5.41) is 10.2. The van der Waals surface area contributed by atoms with Crippen molar-refractivity contribution in [2.24, 2.45) is 0 Å². The number of aromatic amines is 1. The zero-order valence-electron chi connectivity index (χ0n) is 14.5. The number of para-hydroxylation sites is 1. The molecule has 2 aromatic heterocycles. The van der Waals surface area contributed by atoms with E-state index in [1.54, 1.807) is 12.2 Å². The average Bonchev–Trinajstić information content (AvgIpc) is 2.93. The smallest absolute Gasteiger partial charge is 0.260 e. The second-order valence-electron chi connectivity index (χ2n) is 5.69. The molecule has 3 aromatic rings. The van der Waals surface area contributed by atoms with Gasteiger partial charge in [-0.2, -0.15) is 5.26 Å². The number of ether oxygens (including phenoxy) is 1. The van der Waals surface area contributed by atoms with Gasteiger partial charge in [-0.15, -0.1) is 11.3 Å². The van der Waals surface area contributed by atoms with Gasteiger partial charge in [-0.1, -0.05) is 30.9 Å². The van der Waals surface area contributed by atoms with Crippen LogP contribution in [-0.4, -0.2) is 16.6 Å². The Morgan fingerprint density at radius 1 is 1.42 bits per heavy atom. The second kappa shape index (κ2) is 7.38. The number of H-pyrrole nitrogens is 1. The van der Waals surface area contributed by atoms with Gasteiger partial charge in [0.05, 0.1) is 11.0 Å². The fraction of sp³-hybridized carbons (Fsp3) is 0.150. The number of nitriles is 1. The van der Waals surface area contributed by atoms with Gasteiger partial charge in [-0.05, 0) is 31.6 Å². The van der Waals surface area contributed by atoms with E-state index in [9.17, 15) is 10.1 Å². The number of rotatable bonds is 5. The summed E-state index contributed by atoms with van der Waals surface area (Å²) in [5.74, 6) is 0.885. The topological polar surface area (TPSA) is 78.8 Å². The van der Waals surface area contributed by atoms with E-state index in [-0.39, 0.29) is 17.0 Å². The van der Waals surface area contributed by atoms with Gasteiger partial charge in [0, 0.05) is 10.4 Å². The average molecular weight is 363 g/mol. The van der Waals surface area contributed by atoms with Crippen molar-refractivity contribution in [3.8, 4) is 11.8 Å². The summed E-state index contributed by atoms with van der Waals surface area (Å²) >= 11 is 1.45. The van der Waals surface area contributed by atoms with Crippen molar-refractivity contribution in [3.05, 3.63) is 69.1 Å². The van der Waals surface area contributed by atoms with Crippen LogP contribution in [0.3, 0.4) is 0 Å². The summed E-state index contributed by atoms with van der Waals surface area (Å²) in [4.78, 5) is 21.4. The Balaban J connectivity index is 2.12. The zero-order chi connectivity index (χ0) is 18.7. The van der Waals surface area contributed by atoms with Gasteiger partial charge >= 0.3 is 0 Å². The lowest BCUT2D eigenvalue weighted by molar-refractivity contribution is 0.362. The molecule has 6 heteroatoms. The van der Waals surface area contributed by atoms with E-state index in [0.29, 0.717) is 22.6 Å². The van der Waals surface area contributed by atoms with Gasteiger partial charge in [0.2, 0.25) is 0 Å². The zero-order valence-corrected chi connectivity index (χ0v) is 15.3. The normalized spacial score (nSPS) is 11.3. The maximum absolute atomic E-state index is 12.5. The largest absolute Gasteiger partial charge is 0.489 e. The molecule has 130 valence electrons. The Kier molecular flexibility index (Phi) is 5.01. The lowest BCUT2D eigenvalue weighted by atomic mass is 10.1. The predicted octanol–water partition coefficient (Wildman–Crippen LogP) is 4.23. The van der Waals surface area contributed by atoms with Gasteiger partial charge in [-0.25, -0.2) is 4.98 Å². The van der Waals surface area contributed by atoms with Crippen LogP contribution in [0.15, 0.2) is 41.7 Å². The van der Waals surface area contributed by atoms with Crippen LogP contribution in [0.2, 0.25) is 0 Å². The third-order valence-electron chi connectivity index (χ3n) is 3.99. The predicted molar refractivity (Wildman–Crippen MR) is 105 cm³/mol. The molecule has 0 aliphatic rings. The van der Waals surface area contributed by atoms with Crippen LogP contribution >= 0.6 is 11.3 Å². The van der Waals surface area contributed by atoms with Gasteiger partial charge in [-0.3, -0.25) is 4.79 Å². The van der Waals surface area contributed by atoms with Crippen LogP contribution < -0.4 is 10.3 Å². The molecule has 26 heavy (non-hydrogen) atoms. The molecule has 1 aromatic carbocycles. The van der Waals surface area contributed by atoms with Crippen LogP contribution in [0.25, 0.3) is 21.9 Å².